The Morgan fingerprint density at radius 2 is 0.887 bits per heavy atom. The fraction of sp³-hybridized carbons (Fsp3) is 0. The van der Waals surface area contributed by atoms with Crippen LogP contribution in [-0.2, 0) is 0 Å². The second-order valence-corrected chi connectivity index (χ2v) is 13.7. The number of nitriles is 1. The summed E-state index contributed by atoms with van der Waals surface area (Å²) < 4.78 is 6.53. The van der Waals surface area contributed by atoms with Gasteiger partial charge in [-0.2, -0.15) is 5.26 Å². The molecule has 0 saturated carbocycles. The summed E-state index contributed by atoms with van der Waals surface area (Å²) in [5.74, 6) is 0. The SMILES string of the molecule is N#Cc1ccc(N(c2ccccc2)c2ccc3ccc4c(N(c5ccccc5)c5cc6ccc7cccc8oc(c5)c6c78)ccc5ccc2c3c54)cc1. The molecule has 11 rings (SSSR count). The maximum atomic E-state index is 9.54. The molecular weight excluding hydrogens is 647 g/mol. The summed E-state index contributed by atoms with van der Waals surface area (Å²) in [6, 6.07) is 64.3. The molecule has 0 aliphatic heterocycles. The normalized spacial score (nSPS) is 11.8. The Hall–Kier alpha value is -7.35. The first kappa shape index (κ1) is 29.4. The maximum absolute atomic E-state index is 9.54. The standard InChI is InChI=1S/C49H29N3O/c50-30-31-14-22-38(23-15-31)51(36-9-3-1-4-10-36)42-26-20-33-19-25-41-43(27-21-34-18-24-40(42)46(33)47(34)41)52(37-11-5-2-6-12-37)39-28-35-17-16-32-8-7-13-44-48(32)49(35)45(29-39)53-44/h1-29H. The van der Waals surface area contributed by atoms with E-state index in [0.717, 1.165) is 56.1 Å². The molecule has 0 spiro atoms. The molecule has 4 nitrogen and oxygen atoms in total. The molecule has 0 N–H and O–H groups in total. The average molecular weight is 676 g/mol. The van der Waals surface area contributed by atoms with Crippen LogP contribution in [0.25, 0.3) is 65.0 Å². The summed E-state index contributed by atoms with van der Waals surface area (Å²) in [4.78, 5) is 4.66. The second-order valence-electron chi connectivity index (χ2n) is 13.7. The molecule has 0 unspecified atom stereocenters. The Morgan fingerprint density at radius 3 is 1.51 bits per heavy atom. The van der Waals surface area contributed by atoms with E-state index in [1.165, 1.54) is 43.1 Å². The molecule has 53 heavy (non-hydrogen) atoms. The zero-order valence-electron chi connectivity index (χ0n) is 28.5. The van der Waals surface area contributed by atoms with Crippen molar-refractivity contribution in [2.45, 2.75) is 0 Å². The molecule has 1 aromatic heterocycles. The second kappa shape index (κ2) is 11.3. The van der Waals surface area contributed by atoms with Crippen LogP contribution in [-0.4, -0.2) is 0 Å². The average Bonchev–Trinajstić information content (AvgIpc) is 3.61. The van der Waals surface area contributed by atoms with Gasteiger partial charge >= 0.3 is 0 Å². The molecule has 0 bridgehead atoms. The fourth-order valence-electron chi connectivity index (χ4n) is 8.42. The Balaban J connectivity index is 1.17. The van der Waals surface area contributed by atoms with E-state index >= 15 is 0 Å². The van der Waals surface area contributed by atoms with Gasteiger partial charge in [0.1, 0.15) is 11.2 Å². The lowest BCUT2D eigenvalue weighted by molar-refractivity contribution is 0.669. The monoisotopic (exact) mass is 675 g/mol. The summed E-state index contributed by atoms with van der Waals surface area (Å²) in [7, 11) is 0. The molecule has 0 aliphatic rings. The van der Waals surface area contributed by atoms with Gasteiger partial charge in [0.25, 0.3) is 0 Å². The lowest BCUT2D eigenvalue weighted by atomic mass is 9.91. The van der Waals surface area contributed by atoms with Crippen LogP contribution in [0.4, 0.5) is 34.1 Å². The highest BCUT2D eigenvalue weighted by molar-refractivity contribution is 6.28. The van der Waals surface area contributed by atoms with Crippen LogP contribution in [0.15, 0.2) is 180 Å². The van der Waals surface area contributed by atoms with Gasteiger partial charge in [-0.05, 0) is 105 Å². The third-order valence-electron chi connectivity index (χ3n) is 10.7. The molecule has 11 aromatic rings. The Morgan fingerprint density at radius 1 is 0.377 bits per heavy atom. The van der Waals surface area contributed by atoms with Crippen molar-refractivity contribution in [1.29, 1.82) is 5.26 Å². The van der Waals surface area contributed by atoms with Crippen molar-refractivity contribution < 1.29 is 4.42 Å². The molecule has 0 aliphatic carbocycles. The van der Waals surface area contributed by atoms with Crippen LogP contribution in [0.2, 0.25) is 0 Å². The van der Waals surface area contributed by atoms with Crippen molar-refractivity contribution in [2.24, 2.45) is 0 Å². The van der Waals surface area contributed by atoms with E-state index in [-0.39, 0.29) is 0 Å². The Kier molecular flexibility index (Phi) is 6.28. The molecule has 0 atom stereocenters. The third-order valence-corrected chi connectivity index (χ3v) is 10.7. The Bertz CT molecular complexity index is 3180. The fourth-order valence-corrected chi connectivity index (χ4v) is 8.42. The van der Waals surface area contributed by atoms with Gasteiger partial charge in [0.05, 0.1) is 28.7 Å². The molecule has 0 saturated heterocycles. The van der Waals surface area contributed by atoms with E-state index in [1.54, 1.807) is 0 Å². The van der Waals surface area contributed by atoms with Crippen molar-refractivity contribution in [3.05, 3.63) is 181 Å². The van der Waals surface area contributed by atoms with Crippen LogP contribution in [0.1, 0.15) is 5.56 Å². The summed E-state index contributed by atoms with van der Waals surface area (Å²) in [5.41, 5.74) is 8.76. The van der Waals surface area contributed by atoms with Crippen LogP contribution >= 0.6 is 0 Å². The Labute approximate surface area is 305 Å². The molecule has 4 heteroatoms. The number of para-hydroxylation sites is 2. The molecule has 0 fully saturated rings. The number of benzene rings is 10. The zero-order chi connectivity index (χ0) is 35.0. The van der Waals surface area contributed by atoms with Gasteiger partial charge < -0.3 is 14.2 Å². The minimum Gasteiger partial charge on any atom is -0.456 e. The predicted molar refractivity (Wildman–Crippen MR) is 220 cm³/mol. The van der Waals surface area contributed by atoms with Gasteiger partial charge in [0, 0.05) is 44.7 Å². The summed E-state index contributed by atoms with van der Waals surface area (Å²) in [5, 5.41) is 21.4. The van der Waals surface area contributed by atoms with Gasteiger partial charge in [-0.3, -0.25) is 0 Å². The van der Waals surface area contributed by atoms with E-state index in [9.17, 15) is 5.26 Å². The predicted octanol–water partition coefficient (Wildman–Crippen LogP) is 13.9. The highest BCUT2D eigenvalue weighted by atomic mass is 16.3. The van der Waals surface area contributed by atoms with Gasteiger partial charge in [-0.25, -0.2) is 0 Å². The molecule has 1 heterocycles. The molecule has 10 aromatic carbocycles. The summed E-state index contributed by atoms with van der Waals surface area (Å²) in [6.45, 7) is 0. The quantitative estimate of drug-likeness (QED) is 0.165. The van der Waals surface area contributed by atoms with Crippen molar-refractivity contribution in [3.63, 3.8) is 0 Å². The topological polar surface area (TPSA) is 43.4 Å². The van der Waals surface area contributed by atoms with Gasteiger partial charge in [-0.1, -0.05) is 97.1 Å². The largest absolute Gasteiger partial charge is 0.456 e. The number of anilines is 6. The smallest absolute Gasteiger partial charge is 0.138 e. The number of rotatable bonds is 6. The lowest BCUT2D eigenvalue weighted by Gasteiger charge is -2.29. The van der Waals surface area contributed by atoms with Gasteiger partial charge in [0.2, 0.25) is 0 Å². The van der Waals surface area contributed by atoms with E-state index < -0.39 is 0 Å². The summed E-state index contributed by atoms with van der Waals surface area (Å²) in [6.07, 6.45) is 0. The minimum atomic E-state index is 0.636. The van der Waals surface area contributed by atoms with Gasteiger partial charge in [-0.15, -0.1) is 0 Å². The number of furan rings is 1. The lowest BCUT2D eigenvalue weighted by Crippen LogP contribution is -2.11. The third kappa shape index (κ3) is 4.41. The van der Waals surface area contributed by atoms with E-state index in [2.05, 4.69) is 161 Å². The van der Waals surface area contributed by atoms with Crippen LogP contribution in [0.3, 0.4) is 0 Å². The molecular formula is C49H29N3O. The van der Waals surface area contributed by atoms with Crippen molar-refractivity contribution >= 4 is 99.2 Å². The maximum Gasteiger partial charge on any atom is 0.138 e. The summed E-state index contributed by atoms with van der Waals surface area (Å²) >= 11 is 0. The number of hydrogen-bond donors (Lipinski definition) is 0. The van der Waals surface area contributed by atoms with E-state index in [4.69, 9.17) is 4.42 Å². The zero-order valence-corrected chi connectivity index (χ0v) is 28.5. The highest BCUT2D eigenvalue weighted by Crippen LogP contribution is 2.48. The van der Waals surface area contributed by atoms with Crippen LogP contribution in [0, 0.1) is 11.3 Å². The van der Waals surface area contributed by atoms with Gasteiger partial charge in [0.15, 0.2) is 0 Å². The van der Waals surface area contributed by atoms with Crippen molar-refractivity contribution in [1.82, 2.24) is 0 Å². The van der Waals surface area contributed by atoms with Crippen LogP contribution in [0.5, 0.6) is 0 Å². The van der Waals surface area contributed by atoms with Crippen molar-refractivity contribution in [3.8, 4) is 6.07 Å². The molecule has 0 radical (unpaired) electrons. The first-order valence-corrected chi connectivity index (χ1v) is 17.8. The number of hydrogen-bond acceptors (Lipinski definition) is 4. The molecule has 0 amide bonds. The number of nitrogens with zero attached hydrogens (tertiary/aromatic N) is 3. The highest BCUT2D eigenvalue weighted by Gasteiger charge is 2.23. The van der Waals surface area contributed by atoms with E-state index in [0.29, 0.717) is 5.56 Å². The minimum absolute atomic E-state index is 0.636. The molecule has 246 valence electrons. The van der Waals surface area contributed by atoms with E-state index in [1.807, 2.05) is 30.3 Å². The first-order chi connectivity index (χ1) is 26.2. The first-order valence-electron chi connectivity index (χ1n) is 17.8. The van der Waals surface area contributed by atoms with Crippen molar-refractivity contribution in [2.75, 3.05) is 9.80 Å². The van der Waals surface area contributed by atoms with Crippen LogP contribution < -0.4 is 9.80 Å².